The highest BCUT2D eigenvalue weighted by atomic mass is 16.6. The molecule has 0 spiro atoms. The lowest BCUT2D eigenvalue weighted by Gasteiger charge is -2.17. The molecule has 4 atom stereocenters. The van der Waals surface area contributed by atoms with Crippen LogP contribution in [0, 0.1) is 0 Å². The van der Waals surface area contributed by atoms with E-state index in [1.807, 2.05) is 30.3 Å². The van der Waals surface area contributed by atoms with Crippen molar-refractivity contribution in [1.29, 1.82) is 0 Å². The maximum atomic E-state index is 12.2. The molecule has 0 bridgehead atoms. The second-order valence-electron chi connectivity index (χ2n) is 6.27. The van der Waals surface area contributed by atoms with Crippen molar-refractivity contribution in [2.45, 2.75) is 37.4 Å². The smallest absolute Gasteiger partial charge is 0.351 e. The Balaban J connectivity index is 1.50. The van der Waals surface area contributed by atoms with E-state index in [0.29, 0.717) is 6.61 Å². The quantitative estimate of drug-likeness (QED) is 0.369. The van der Waals surface area contributed by atoms with Gasteiger partial charge in [0.05, 0.1) is 13.2 Å². The number of hydrogen-bond acceptors (Lipinski definition) is 8. The number of aryl methyl sites for hydroxylation is 1. The van der Waals surface area contributed by atoms with Gasteiger partial charge in [0, 0.05) is 6.20 Å². The van der Waals surface area contributed by atoms with Crippen molar-refractivity contribution < 1.29 is 24.9 Å². The van der Waals surface area contributed by atoms with Crippen LogP contribution in [0.25, 0.3) is 0 Å². The lowest BCUT2D eigenvalue weighted by Crippen LogP contribution is -2.36. The van der Waals surface area contributed by atoms with Crippen LogP contribution in [0.4, 0.5) is 5.82 Å². The van der Waals surface area contributed by atoms with E-state index in [4.69, 9.17) is 14.7 Å². The first-order valence-corrected chi connectivity index (χ1v) is 8.73. The van der Waals surface area contributed by atoms with Crippen molar-refractivity contribution in [3.05, 3.63) is 58.6 Å². The minimum atomic E-state index is -1.34. The SMILES string of the molecule is O=c1nc(NOCCCc2ccccc2)ccn1[C@@H]1O[C@H](CO)[C@@H](O)[C@H]1O. The second kappa shape index (κ2) is 9.07. The Bertz CT molecular complexity index is 784. The Morgan fingerprint density at radius 2 is 1.96 bits per heavy atom. The maximum Gasteiger partial charge on any atom is 0.351 e. The largest absolute Gasteiger partial charge is 0.394 e. The fourth-order valence-corrected chi connectivity index (χ4v) is 2.89. The fraction of sp³-hybridized carbons (Fsp3) is 0.444. The topological polar surface area (TPSA) is 126 Å². The number of aromatic nitrogens is 2. The Kier molecular flexibility index (Phi) is 6.54. The second-order valence-corrected chi connectivity index (χ2v) is 6.27. The van der Waals surface area contributed by atoms with Crippen LogP contribution in [0.5, 0.6) is 0 Å². The zero-order chi connectivity index (χ0) is 19.2. The number of aliphatic hydroxyl groups excluding tert-OH is 3. The Hall–Kier alpha value is -2.30. The van der Waals surface area contributed by atoms with Crippen LogP contribution in [-0.4, -0.2) is 56.4 Å². The summed E-state index contributed by atoms with van der Waals surface area (Å²) in [6, 6.07) is 11.5. The number of anilines is 1. The molecule has 1 fully saturated rings. The number of hydrogen-bond donors (Lipinski definition) is 4. The van der Waals surface area contributed by atoms with Crippen LogP contribution < -0.4 is 11.2 Å². The van der Waals surface area contributed by atoms with E-state index in [2.05, 4.69) is 10.5 Å². The third-order valence-electron chi connectivity index (χ3n) is 4.35. The van der Waals surface area contributed by atoms with E-state index in [1.54, 1.807) is 0 Å². The zero-order valence-electron chi connectivity index (χ0n) is 14.6. The van der Waals surface area contributed by atoms with Gasteiger partial charge in [0.2, 0.25) is 0 Å². The molecular formula is C18H23N3O6. The minimum Gasteiger partial charge on any atom is -0.394 e. The van der Waals surface area contributed by atoms with Gasteiger partial charge in [-0.1, -0.05) is 30.3 Å². The predicted octanol–water partition coefficient (Wildman–Crippen LogP) is -0.169. The molecule has 1 aliphatic rings. The Morgan fingerprint density at radius 3 is 2.63 bits per heavy atom. The summed E-state index contributed by atoms with van der Waals surface area (Å²) in [6.07, 6.45) is -1.63. The van der Waals surface area contributed by atoms with E-state index in [-0.39, 0.29) is 5.82 Å². The van der Waals surface area contributed by atoms with Crippen molar-refractivity contribution in [3.63, 3.8) is 0 Å². The van der Waals surface area contributed by atoms with E-state index in [9.17, 15) is 15.0 Å². The first kappa shape index (κ1) is 19.5. The zero-order valence-corrected chi connectivity index (χ0v) is 14.6. The summed E-state index contributed by atoms with van der Waals surface area (Å²) in [5.41, 5.74) is 3.16. The minimum absolute atomic E-state index is 0.225. The summed E-state index contributed by atoms with van der Waals surface area (Å²) < 4.78 is 6.38. The molecule has 1 aromatic heterocycles. The molecule has 1 saturated heterocycles. The van der Waals surface area contributed by atoms with Crippen LogP contribution in [0.3, 0.4) is 0 Å². The lowest BCUT2D eigenvalue weighted by atomic mass is 10.1. The molecule has 0 radical (unpaired) electrons. The van der Waals surface area contributed by atoms with Crippen molar-refractivity contribution in [2.24, 2.45) is 0 Å². The number of ether oxygens (including phenoxy) is 1. The summed E-state index contributed by atoms with van der Waals surface area (Å²) in [6.45, 7) is -0.0259. The number of nitrogens with zero attached hydrogens (tertiary/aromatic N) is 2. The first-order chi connectivity index (χ1) is 13.1. The van der Waals surface area contributed by atoms with Crippen molar-refractivity contribution in [2.75, 3.05) is 18.7 Å². The molecule has 3 rings (SSSR count). The number of benzene rings is 1. The van der Waals surface area contributed by atoms with Crippen LogP contribution >= 0.6 is 0 Å². The molecule has 0 saturated carbocycles. The molecule has 4 N–H and O–H groups in total. The maximum absolute atomic E-state index is 12.2. The van der Waals surface area contributed by atoms with E-state index in [0.717, 1.165) is 17.4 Å². The van der Waals surface area contributed by atoms with Gasteiger partial charge in [-0.15, -0.1) is 0 Å². The van der Waals surface area contributed by atoms with Crippen LogP contribution in [-0.2, 0) is 16.0 Å². The molecule has 0 unspecified atom stereocenters. The molecular weight excluding hydrogens is 354 g/mol. The van der Waals surface area contributed by atoms with Gasteiger partial charge in [0.1, 0.15) is 18.3 Å². The first-order valence-electron chi connectivity index (χ1n) is 8.73. The van der Waals surface area contributed by atoms with Gasteiger partial charge in [0.25, 0.3) is 0 Å². The van der Waals surface area contributed by atoms with Crippen LogP contribution in [0.15, 0.2) is 47.4 Å². The van der Waals surface area contributed by atoms with Crippen LogP contribution in [0.1, 0.15) is 18.2 Å². The third kappa shape index (κ3) is 4.71. The summed E-state index contributed by atoms with van der Waals surface area (Å²) in [7, 11) is 0. The number of aliphatic hydroxyl groups is 3. The van der Waals surface area contributed by atoms with Gasteiger partial charge in [-0.05, 0) is 24.5 Å². The van der Waals surface area contributed by atoms with E-state index in [1.165, 1.54) is 17.8 Å². The van der Waals surface area contributed by atoms with Gasteiger partial charge in [-0.25, -0.2) is 10.3 Å². The molecule has 1 aliphatic heterocycles. The van der Waals surface area contributed by atoms with Crippen molar-refractivity contribution in [1.82, 2.24) is 9.55 Å². The van der Waals surface area contributed by atoms with E-state index < -0.39 is 36.8 Å². The Labute approximate surface area is 155 Å². The lowest BCUT2D eigenvalue weighted by molar-refractivity contribution is -0.0549. The summed E-state index contributed by atoms with van der Waals surface area (Å²) in [5, 5.41) is 28.9. The highest BCUT2D eigenvalue weighted by Gasteiger charge is 2.43. The number of nitrogens with one attached hydrogen (secondary N) is 1. The molecule has 1 aromatic carbocycles. The molecule has 2 aromatic rings. The molecule has 9 heteroatoms. The van der Waals surface area contributed by atoms with Gasteiger partial charge >= 0.3 is 5.69 Å². The number of rotatable bonds is 8. The average Bonchev–Trinajstić information content (AvgIpc) is 2.97. The molecule has 146 valence electrons. The monoisotopic (exact) mass is 377 g/mol. The summed E-state index contributed by atoms with van der Waals surface area (Å²) in [4.78, 5) is 21.3. The highest BCUT2D eigenvalue weighted by molar-refractivity contribution is 5.28. The van der Waals surface area contributed by atoms with Gasteiger partial charge in [-0.3, -0.25) is 9.40 Å². The molecule has 0 aliphatic carbocycles. The predicted molar refractivity (Wildman–Crippen MR) is 95.8 cm³/mol. The standard InChI is InChI=1S/C18H23N3O6/c22-11-13-15(23)16(24)17(27-13)21-9-8-14(19-18(21)25)20-26-10-4-7-12-5-2-1-3-6-12/h1-3,5-6,8-9,13,15-17,22-24H,4,7,10-11H2,(H,19,20,25)/t13-,15-,16-,17-/m1/s1. The summed E-state index contributed by atoms with van der Waals surface area (Å²) in [5.74, 6) is 0.225. The van der Waals surface area contributed by atoms with Gasteiger partial charge in [-0.2, -0.15) is 4.98 Å². The summed E-state index contributed by atoms with van der Waals surface area (Å²) >= 11 is 0. The molecule has 0 amide bonds. The normalized spacial score (nSPS) is 24.9. The Morgan fingerprint density at radius 1 is 1.19 bits per heavy atom. The van der Waals surface area contributed by atoms with Gasteiger partial charge in [0.15, 0.2) is 12.0 Å². The fourth-order valence-electron chi connectivity index (χ4n) is 2.89. The molecule has 27 heavy (non-hydrogen) atoms. The van der Waals surface area contributed by atoms with Gasteiger partial charge < -0.3 is 20.1 Å². The highest BCUT2D eigenvalue weighted by Crippen LogP contribution is 2.28. The van der Waals surface area contributed by atoms with Crippen molar-refractivity contribution >= 4 is 5.82 Å². The van der Waals surface area contributed by atoms with Crippen molar-refractivity contribution in [3.8, 4) is 0 Å². The average molecular weight is 377 g/mol. The third-order valence-corrected chi connectivity index (χ3v) is 4.35. The molecule has 9 nitrogen and oxygen atoms in total. The molecule has 2 heterocycles. The van der Waals surface area contributed by atoms with Crippen LogP contribution in [0.2, 0.25) is 0 Å². The van der Waals surface area contributed by atoms with E-state index >= 15 is 0 Å².